The minimum atomic E-state index is -0.666. The molecule has 6 heteroatoms. The van der Waals surface area contributed by atoms with Gasteiger partial charge in [0.1, 0.15) is 0 Å². The van der Waals surface area contributed by atoms with Crippen molar-refractivity contribution in [3.8, 4) is 0 Å². The van der Waals surface area contributed by atoms with Crippen LogP contribution in [0.3, 0.4) is 0 Å². The normalized spacial score (nSPS) is 12.5. The van der Waals surface area contributed by atoms with E-state index in [1.807, 2.05) is 0 Å². The number of aliphatic hydroxyl groups is 2. The summed E-state index contributed by atoms with van der Waals surface area (Å²) in [5.41, 5.74) is 0. The van der Waals surface area contributed by atoms with Crippen LogP contribution in [-0.4, -0.2) is 47.4 Å². The second-order valence-corrected chi connectivity index (χ2v) is 21.4. The van der Waals surface area contributed by atoms with Crippen molar-refractivity contribution in [2.75, 3.05) is 13.2 Å². The van der Waals surface area contributed by atoms with E-state index in [0.29, 0.717) is 25.9 Å². The van der Waals surface area contributed by atoms with Crippen LogP contribution in [0.15, 0.2) is 0 Å². The smallest absolute Gasteiger partial charge is 0.305 e. The molecule has 400 valence electrons. The zero-order valence-electron chi connectivity index (χ0n) is 45.7. The predicted octanol–water partition coefficient (Wildman–Crippen LogP) is 19.1. The molecule has 0 spiro atoms. The number of aliphatic hydroxyl groups excluding tert-OH is 2. The van der Waals surface area contributed by atoms with Crippen LogP contribution in [0.5, 0.6) is 0 Å². The second kappa shape index (κ2) is 57.4. The van der Waals surface area contributed by atoms with E-state index in [4.69, 9.17) is 4.74 Å². The van der Waals surface area contributed by atoms with E-state index >= 15 is 0 Å². The number of esters is 1. The van der Waals surface area contributed by atoms with Gasteiger partial charge in [0.15, 0.2) is 0 Å². The van der Waals surface area contributed by atoms with Crippen LogP contribution in [0.2, 0.25) is 0 Å². The predicted molar refractivity (Wildman–Crippen MR) is 292 cm³/mol. The Morgan fingerprint density at radius 1 is 0.358 bits per heavy atom. The van der Waals surface area contributed by atoms with Crippen molar-refractivity contribution in [2.24, 2.45) is 0 Å². The van der Waals surface area contributed by atoms with E-state index in [-0.39, 0.29) is 18.5 Å². The van der Waals surface area contributed by atoms with Crippen LogP contribution < -0.4 is 5.32 Å². The van der Waals surface area contributed by atoms with Crippen molar-refractivity contribution in [1.82, 2.24) is 5.32 Å². The molecule has 0 aromatic rings. The van der Waals surface area contributed by atoms with E-state index < -0.39 is 12.1 Å². The summed E-state index contributed by atoms with van der Waals surface area (Å²) in [6.45, 7) is 4.98. The molecule has 67 heavy (non-hydrogen) atoms. The maximum absolute atomic E-state index is 12.5. The van der Waals surface area contributed by atoms with Crippen LogP contribution in [-0.2, 0) is 14.3 Å². The van der Waals surface area contributed by atoms with Gasteiger partial charge in [-0.2, -0.15) is 0 Å². The SMILES string of the molecule is CCCCCCCCCCCCCCCCCCCCCC(O)C(CO)NC(=O)CCCCCCCCCCCCCCCCCCCCOC(=O)CCCCCCCCCCCCCCC. The summed E-state index contributed by atoms with van der Waals surface area (Å²) in [5.74, 6) is -0.0246. The summed E-state index contributed by atoms with van der Waals surface area (Å²) in [6, 6.07) is -0.544. The first-order chi connectivity index (χ1) is 33.0. The molecule has 0 aliphatic rings. The Balaban J connectivity index is 3.40. The lowest BCUT2D eigenvalue weighted by Gasteiger charge is -2.22. The largest absolute Gasteiger partial charge is 0.466 e. The Morgan fingerprint density at radius 2 is 0.612 bits per heavy atom. The van der Waals surface area contributed by atoms with Gasteiger partial charge in [0, 0.05) is 12.8 Å². The topological polar surface area (TPSA) is 95.9 Å². The van der Waals surface area contributed by atoms with Crippen molar-refractivity contribution >= 4 is 11.9 Å². The van der Waals surface area contributed by atoms with Crippen molar-refractivity contribution in [3.05, 3.63) is 0 Å². The molecule has 0 aromatic carbocycles. The Hall–Kier alpha value is -1.14. The quantitative estimate of drug-likeness (QED) is 0.0417. The molecule has 0 saturated heterocycles. The highest BCUT2D eigenvalue weighted by Gasteiger charge is 2.20. The molecule has 0 rings (SSSR count). The first-order valence-electron chi connectivity index (χ1n) is 30.8. The highest BCUT2D eigenvalue weighted by atomic mass is 16.5. The van der Waals surface area contributed by atoms with Crippen LogP contribution in [0.1, 0.15) is 354 Å². The molecule has 0 fully saturated rings. The van der Waals surface area contributed by atoms with Gasteiger partial charge in [-0.3, -0.25) is 9.59 Å². The van der Waals surface area contributed by atoms with Crippen molar-refractivity contribution in [1.29, 1.82) is 0 Å². The third-order valence-corrected chi connectivity index (χ3v) is 14.7. The molecule has 0 aromatic heterocycles. The lowest BCUT2D eigenvalue weighted by Crippen LogP contribution is -2.45. The van der Waals surface area contributed by atoms with Gasteiger partial charge >= 0.3 is 5.97 Å². The van der Waals surface area contributed by atoms with E-state index in [1.54, 1.807) is 0 Å². The molecule has 2 unspecified atom stereocenters. The minimum Gasteiger partial charge on any atom is -0.466 e. The van der Waals surface area contributed by atoms with Gasteiger partial charge in [0.25, 0.3) is 0 Å². The fraction of sp³-hybridized carbons (Fsp3) is 0.967. The Bertz CT molecular complexity index is 959. The van der Waals surface area contributed by atoms with Gasteiger partial charge in [-0.05, 0) is 25.7 Å². The average Bonchev–Trinajstić information content (AvgIpc) is 3.33. The van der Waals surface area contributed by atoms with Gasteiger partial charge < -0.3 is 20.3 Å². The van der Waals surface area contributed by atoms with Crippen LogP contribution in [0.25, 0.3) is 0 Å². The maximum atomic E-state index is 12.5. The Kier molecular flexibility index (Phi) is 56.5. The van der Waals surface area contributed by atoms with Gasteiger partial charge in [-0.1, -0.05) is 316 Å². The summed E-state index contributed by atoms with van der Waals surface area (Å²) in [4.78, 5) is 24.5. The van der Waals surface area contributed by atoms with Crippen molar-refractivity contribution in [2.45, 2.75) is 366 Å². The Morgan fingerprint density at radius 3 is 0.910 bits per heavy atom. The number of amides is 1. The van der Waals surface area contributed by atoms with Crippen molar-refractivity contribution < 1.29 is 24.5 Å². The standard InChI is InChI=1S/C61H121NO5/c1-3-5-7-9-11-13-15-17-18-19-20-23-26-30-33-37-41-45-49-53-59(64)58(57-63)62-60(65)54-50-46-42-38-34-31-27-24-21-22-25-28-32-36-40-44-48-52-56-67-61(66)55-51-47-43-39-35-29-16-14-12-10-8-6-4-2/h58-59,63-64H,3-57H2,1-2H3,(H,62,65). The maximum Gasteiger partial charge on any atom is 0.305 e. The first kappa shape index (κ1) is 65.9. The molecular weight excluding hydrogens is 827 g/mol. The summed E-state index contributed by atoms with van der Waals surface area (Å²) < 4.78 is 5.48. The third-order valence-electron chi connectivity index (χ3n) is 14.7. The van der Waals surface area contributed by atoms with Crippen LogP contribution >= 0.6 is 0 Å². The van der Waals surface area contributed by atoms with Gasteiger partial charge in [-0.15, -0.1) is 0 Å². The summed E-state index contributed by atoms with van der Waals surface area (Å²) in [6.07, 6.45) is 66.7. The molecule has 0 radical (unpaired) electrons. The van der Waals surface area contributed by atoms with Gasteiger partial charge in [0.2, 0.25) is 5.91 Å². The highest BCUT2D eigenvalue weighted by Crippen LogP contribution is 2.18. The number of carbonyl (C=O) groups is 2. The van der Waals surface area contributed by atoms with Gasteiger partial charge in [0.05, 0.1) is 25.4 Å². The fourth-order valence-corrected chi connectivity index (χ4v) is 9.94. The van der Waals surface area contributed by atoms with Gasteiger partial charge in [-0.25, -0.2) is 0 Å². The number of unbranched alkanes of at least 4 members (excludes halogenated alkanes) is 47. The number of rotatable bonds is 58. The van der Waals surface area contributed by atoms with E-state index in [0.717, 1.165) is 38.5 Å². The number of hydrogen-bond acceptors (Lipinski definition) is 5. The average molecular weight is 949 g/mol. The monoisotopic (exact) mass is 948 g/mol. The number of carbonyl (C=O) groups excluding carboxylic acids is 2. The summed E-state index contributed by atoms with van der Waals surface area (Å²) in [7, 11) is 0. The molecule has 3 N–H and O–H groups in total. The number of ether oxygens (including phenoxy) is 1. The molecule has 0 aliphatic carbocycles. The van der Waals surface area contributed by atoms with Crippen LogP contribution in [0, 0.1) is 0 Å². The number of hydrogen-bond donors (Lipinski definition) is 3. The van der Waals surface area contributed by atoms with E-state index in [2.05, 4.69) is 19.2 Å². The minimum absolute atomic E-state index is 0.0101. The highest BCUT2D eigenvalue weighted by molar-refractivity contribution is 5.76. The zero-order chi connectivity index (χ0) is 48.6. The number of nitrogens with one attached hydrogen (secondary N) is 1. The molecule has 0 saturated carbocycles. The Labute approximate surface area is 419 Å². The molecule has 1 amide bonds. The fourth-order valence-electron chi connectivity index (χ4n) is 9.94. The molecule has 0 heterocycles. The molecule has 2 atom stereocenters. The first-order valence-corrected chi connectivity index (χ1v) is 30.8. The third kappa shape index (κ3) is 54.0. The summed E-state index contributed by atoms with van der Waals surface area (Å²) >= 11 is 0. The van der Waals surface area contributed by atoms with E-state index in [1.165, 1.54) is 283 Å². The molecular formula is C61H121NO5. The lowest BCUT2D eigenvalue weighted by atomic mass is 10.0. The lowest BCUT2D eigenvalue weighted by molar-refractivity contribution is -0.143. The summed E-state index contributed by atoms with van der Waals surface area (Å²) in [5, 5.41) is 23.3. The zero-order valence-corrected chi connectivity index (χ0v) is 45.7. The molecule has 6 nitrogen and oxygen atoms in total. The molecule has 0 aliphatic heterocycles. The molecule has 0 bridgehead atoms. The van der Waals surface area contributed by atoms with Crippen LogP contribution in [0.4, 0.5) is 0 Å². The van der Waals surface area contributed by atoms with E-state index in [9.17, 15) is 19.8 Å². The second-order valence-electron chi connectivity index (χ2n) is 21.4. The van der Waals surface area contributed by atoms with Crippen molar-refractivity contribution in [3.63, 3.8) is 0 Å².